The van der Waals surface area contributed by atoms with Crippen LogP contribution in [0.1, 0.15) is 0 Å². The number of hydrogen-bond acceptors (Lipinski definition) is 3. The fourth-order valence-corrected chi connectivity index (χ4v) is 8.23. The molecule has 0 aliphatic carbocycles. The Morgan fingerprint density at radius 3 is 1.72 bits per heavy atom. The molecule has 9 aromatic carbocycles. The van der Waals surface area contributed by atoms with Crippen LogP contribution in [0.15, 0.2) is 199 Å². The van der Waals surface area contributed by atoms with E-state index >= 15 is 0 Å². The van der Waals surface area contributed by atoms with Gasteiger partial charge in [0.2, 0.25) is 0 Å². The van der Waals surface area contributed by atoms with Gasteiger partial charge in [0.25, 0.3) is 0 Å². The van der Waals surface area contributed by atoms with Gasteiger partial charge in [0, 0.05) is 43.7 Å². The van der Waals surface area contributed by atoms with E-state index in [1.54, 1.807) is 0 Å². The summed E-state index contributed by atoms with van der Waals surface area (Å²) in [5.74, 6) is 0. The molecule has 0 unspecified atom stereocenters. The van der Waals surface area contributed by atoms with Crippen LogP contribution in [0.2, 0.25) is 0 Å². The molecule has 0 aliphatic heterocycles. The quantitative estimate of drug-likeness (QED) is 0.102. The fourth-order valence-electron chi connectivity index (χ4n) is 8.04. The Morgan fingerprint density at radius 2 is 1.00 bits per heavy atom. The Morgan fingerprint density at radius 1 is 0.426 bits per heavy atom. The lowest BCUT2D eigenvalue weighted by atomic mass is 9.96. The topological polar surface area (TPSA) is 34.2 Å². The second-order valence-corrected chi connectivity index (χ2v) is 14.2. The summed E-state index contributed by atoms with van der Waals surface area (Å²) in [7, 11) is 0. The van der Waals surface area contributed by atoms with Gasteiger partial charge in [-0.25, -0.2) is 0 Å². The van der Waals surface area contributed by atoms with Crippen LogP contribution in [0.4, 0.5) is 22.7 Å². The highest BCUT2D eigenvalue weighted by Crippen LogP contribution is 2.42. The highest BCUT2D eigenvalue weighted by Gasteiger charge is 2.19. The van der Waals surface area contributed by atoms with Gasteiger partial charge in [-0.1, -0.05) is 127 Å². The van der Waals surface area contributed by atoms with E-state index in [9.17, 15) is 0 Å². The van der Waals surface area contributed by atoms with Crippen molar-refractivity contribution in [1.29, 1.82) is 0 Å². The summed E-state index contributed by atoms with van der Waals surface area (Å²) in [6, 6.07) is 69.5. The molecule has 3 nitrogen and oxygen atoms in total. The number of hydrogen-bond donors (Lipinski definition) is 2. The van der Waals surface area contributed by atoms with Crippen LogP contribution in [0, 0.1) is 0 Å². The molecule has 0 atom stereocenters. The molecule has 1 heterocycles. The summed E-state index contributed by atoms with van der Waals surface area (Å²) in [5.41, 5.74) is 18.6. The lowest BCUT2D eigenvalue weighted by Gasteiger charge is -2.28. The van der Waals surface area contributed by atoms with Crippen LogP contribution in [0.5, 0.6) is 0 Å². The maximum atomic E-state index is 6.44. The molecule has 0 amide bonds. The summed E-state index contributed by atoms with van der Waals surface area (Å²) in [6.07, 6.45) is 0. The minimum atomic E-state index is 0.714. The number of nitrogen functional groups attached to an aromatic ring is 1. The highest BCUT2D eigenvalue weighted by molar-refractivity contribution is 7.80. The molecule has 10 rings (SSSR count). The Bertz CT molecular complexity index is 2950. The minimum Gasteiger partial charge on any atom is -0.397 e. The molecular weight excluding hydrogens is 675 g/mol. The molecule has 1 aromatic heterocycles. The third-order valence-electron chi connectivity index (χ3n) is 10.7. The SMILES string of the molecule is Nc1c(S)ccc2c1ccc1ccc(-c3ccc(N(c4ccc(-n5c6ccccc6c6ccccc65)cc4)c4ccccc4-c4ccccc4)cc3)cc12. The van der Waals surface area contributed by atoms with Crippen molar-refractivity contribution in [2.45, 2.75) is 4.90 Å². The van der Waals surface area contributed by atoms with Gasteiger partial charge in [-0.05, 0) is 99.6 Å². The van der Waals surface area contributed by atoms with E-state index in [0.29, 0.717) is 5.69 Å². The van der Waals surface area contributed by atoms with Crippen molar-refractivity contribution in [1.82, 2.24) is 4.57 Å². The first-order chi connectivity index (χ1) is 26.6. The number of para-hydroxylation sites is 3. The maximum absolute atomic E-state index is 6.44. The number of fused-ring (bicyclic) bond motifs is 6. The molecule has 0 saturated heterocycles. The molecule has 2 N–H and O–H groups in total. The molecule has 0 fully saturated rings. The van der Waals surface area contributed by atoms with Gasteiger partial charge in [-0.15, -0.1) is 12.6 Å². The summed E-state index contributed by atoms with van der Waals surface area (Å²) < 4.78 is 2.37. The van der Waals surface area contributed by atoms with Crippen LogP contribution < -0.4 is 10.6 Å². The maximum Gasteiger partial charge on any atom is 0.0541 e. The van der Waals surface area contributed by atoms with E-state index in [4.69, 9.17) is 5.73 Å². The number of rotatable bonds is 6. The summed E-state index contributed by atoms with van der Waals surface area (Å²) >= 11 is 4.57. The zero-order valence-electron chi connectivity index (χ0n) is 29.4. The molecule has 0 aliphatic rings. The molecule has 10 aromatic rings. The van der Waals surface area contributed by atoms with Crippen molar-refractivity contribution in [3.63, 3.8) is 0 Å². The molecule has 54 heavy (non-hydrogen) atoms. The van der Waals surface area contributed by atoms with Gasteiger partial charge < -0.3 is 15.2 Å². The standard InChI is InChI=1S/C50H35N3S/c51-50-44-29-22-35-18-19-36(32-45(35)41(44)30-31-49(50)54)33-20-23-37(24-21-33)52(46-15-7-4-12-40(46)34-10-2-1-3-11-34)38-25-27-39(28-26-38)53-47-16-8-5-13-42(47)43-14-6-9-17-48(43)53/h1-32,54H,51H2. The first-order valence-corrected chi connectivity index (χ1v) is 18.6. The van der Waals surface area contributed by atoms with E-state index in [1.807, 2.05) is 6.07 Å². The molecular formula is C50H35N3S. The molecule has 0 radical (unpaired) electrons. The van der Waals surface area contributed by atoms with Gasteiger partial charge in [0.1, 0.15) is 0 Å². The molecule has 256 valence electrons. The normalized spacial score (nSPS) is 11.5. The average Bonchev–Trinajstić information content (AvgIpc) is 3.57. The van der Waals surface area contributed by atoms with Crippen LogP contribution in [0.25, 0.3) is 71.3 Å². The van der Waals surface area contributed by atoms with E-state index in [-0.39, 0.29) is 0 Å². The average molecular weight is 710 g/mol. The zero-order valence-corrected chi connectivity index (χ0v) is 30.3. The summed E-state index contributed by atoms with van der Waals surface area (Å²) in [5, 5.41) is 7.03. The second kappa shape index (κ2) is 13.0. The number of nitrogens with two attached hydrogens (primary N) is 1. The van der Waals surface area contributed by atoms with Gasteiger partial charge >= 0.3 is 0 Å². The van der Waals surface area contributed by atoms with Crippen molar-refractivity contribution in [2.75, 3.05) is 10.6 Å². The van der Waals surface area contributed by atoms with Crippen molar-refractivity contribution in [3.8, 4) is 27.9 Å². The molecule has 0 saturated carbocycles. The highest BCUT2D eigenvalue weighted by atomic mass is 32.1. The third kappa shape index (κ3) is 5.30. The fraction of sp³-hybridized carbons (Fsp3) is 0. The lowest BCUT2D eigenvalue weighted by Crippen LogP contribution is -2.11. The van der Waals surface area contributed by atoms with E-state index < -0.39 is 0 Å². The number of aromatic nitrogens is 1. The number of thiol groups is 1. The largest absolute Gasteiger partial charge is 0.397 e. The van der Waals surface area contributed by atoms with Crippen molar-refractivity contribution in [2.24, 2.45) is 0 Å². The smallest absolute Gasteiger partial charge is 0.0541 e. The van der Waals surface area contributed by atoms with Gasteiger partial charge in [0.05, 0.1) is 22.4 Å². The molecule has 0 bridgehead atoms. The van der Waals surface area contributed by atoms with Crippen LogP contribution in [-0.2, 0) is 0 Å². The van der Waals surface area contributed by atoms with Crippen molar-refractivity contribution < 1.29 is 0 Å². The Balaban J connectivity index is 1.09. The van der Waals surface area contributed by atoms with Crippen LogP contribution in [0.3, 0.4) is 0 Å². The summed E-state index contributed by atoms with van der Waals surface area (Å²) in [6.45, 7) is 0. The Labute approximate surface area is 319 Å². The monoisotopic (exact) mass is 709 g/mol. The predicted octanol–water partition coefficient (Wildman–Crippen LogP) is 13.8. The van der Waals surface area contributed by atoms with E-state index in [1.165, 1.54) is 43.7 Å². The predicted molar refractivity (Wildman–Crippen MR) is 233 cm³/mol. The van der Waals surface area contributed by atoms with Crippen molar-refractivity contribution >= 4 is 78.7 Å². The Hall–Kier alpha value is -6.75. The minimum absolute atomic E-state index is 0.714. The van der Waals surface area contributed by atoms with Gasteiger partial charge in [0.15, 0.2) is 0 Å². The number of nitrogens with zero attached hydrogens (tertiary/aromatic N) is 2. The third-order valence-corrected chi connectivity index (χ3v) is 11.1. The van der Waals surface area contributed by atoms with Gasteiger partial charge in [-0.2, -0.15) is 0 Å². The first-order valence-electron chi connectivity index (χ1n) is 18.2. The number of benzene rings is 9. The van der Waals surface area contributed by atoms with Crippen LogP contribution >= 0.6 is 12.6 Å². The second-order valence-electron chi connectivity index (χ2n) is 13.7. The lowest BCUT2D eigenvalue weighted by molar-refractivity contribution is 1.17. The summed E-state index contributed by atoms with van der Waals surface area (Å²) in [4.78, 5) is 3.17. The molecule has 4 heteroatoms. The van der Waals surface area contributed by atoms with Crippen LogP contribution in [-0.4, -0.2) is 4.57 Å². The zero-order chi connectivity index (χ0) is 36.2. The first kappa shape index (κ1) is 31.9. The molecule has 0 spiro atoms. The Kier molecular flexibility index (Phi) is 7.71. The van der Waals surface area contributed by atoms with Gasteiger partial charge in [-0.3, -0.25) is 0 Å². The van der Waals surface area contributed by atoms with Crippen molar-refractivity contribution in [3.05, 3.63) is 194 Å². The van der Waals surface area contributed by atoms with E-state index in [0.717, 1.165) is 49.5 Å². The van der Waals surface area contributed by atoms with E-state index in [2.05, 4.69) is 210 Å². The number of anilines is 4.